The van der Waals surface area contributed by atoms with Crippen LogP contribution in [-0.4, -0.2) is 126 Å². The predicted octanol–water partition coefficient (Wildman–Crippen LogP) is 3.69. The molecule has 12 rings (SSSR count). The number of nitrogens with zero attached hydrogens (tertiary/aromatic N) is 13. The van der Waals surface area contributed by atoms with Crippen molar-refractivity contribution in [2.75, 3.05) is 52.6 Å². The van der Waals surface area contributed by atoms with E-state index in [1.165, 1.54) is 0 Å². The molecule has 4 aliphatic rings. The van der Waals surface area contributed by atoms with Crippen LogP contribution in [0.3, 0.4) is 0 Å². The molecular weight excluding hydrogens is 852 g/mol. The van der Waals surface area contributed by atoms with Gasteiger partial charge in [0.1, 0.15) is 23.3 Å². The van der Waals surface area contributed by atoms with Gasteiger partial charge in [0.2, 0.25) is 0 Å². The zero-order valence-electron chi connectivity index (χ0n) is 36.5. The minimum Gasteiger partial charge on any atom is -0.381 e. The van der Waals surface area contributed by atoms with Crippen molar-refractivity contribution in [3.8, 4) is 0 Å². The predicted molar refractivity (Wildman–Crippen MR) is 240 cm³/mol. The van der Waals surface area contributed by atoms with Crippen molar-refractivity contribution < 1.29 is 9.47 Å². The number of likely N-dealkylation sites (tertiary alicyclic amines) is 1. The van der Waals surface area contributed by atoms with Crippen molar-refractivity contribution in [3.05, 3.63) is 117 Å². The topological polar surface area (TPSA) is 220 Å². The van der Waals surface area contributed by atoms with E-state index in [2.05, 4.69) is 64.2 Å². The average molecular weight is 905 g/mol. The molecule has 4 fully saturated rings. The maximum atomic E-state index is 12.8. The number of hydrogen-bond acceptors (Lipinski definition) is 14. The van der Waals surface area contributed by atoms with Gasteiger partial charge in [-0.2, -0.15) is 15.3 Å². The summed E-state index contributed by atoms with van der Waals surface area (Å²) in [5.74, 6) is 6.88. The first-order chi connectivity index (χ1) is 31.8. The van der Waals surface area contributed by atoms with Crippen LogP contribution >= 0.6 is 11.6 Å². The van der Waals surface area contributed by atoms with Crippen molar-refractivity contribution >= 4 is 33.9 Å². The molecule has 340 valence electrons. The first-order valence-electron chi connectivity index (χ1n) is 22.5. The van der Waals surface area contributed by atoms with E-state index in [9.17, 15) is 9.59 Å². The Balaban J connectivity index is 0.000000129. The number of nitrogens with one attached hydrogen (secondary N) is 3. The molecular formula is C44H53ClN16O4. The van der Waals surface area contributed by atoms with Gasteiger partial charge in [-0.1, -0.05) is 26.0 Å². The third-order valence-corrected chi connectivity index (χ3v) is 13.3. The van der Waals surface area contributed by atoms with Crippen LogP contribution in [0.15, 0.2) is 70.8 Å². The number of fused-ring (bicyclic) bond motifs is 4. The van der Waals surface area contributed by atoms with Crippen molar-refractivity contribution in [1.29, 1.82) is 0 Å². The van der Waals surface area contributed by atoms with Crippen molar-refractivity contribution in [1.82, 2.24) is 78.6 Å². The largest absolute Gasteiger partial charge is 0.381 e. The van der Waals surface area contributed by atoms with E-state index in [0.29, 0.717) is 47.0 Å². The van der Waals surface area contributed by atoms with Gasteiger partial charge in [0.05, 0.1) is 24.8 Å². The molecule has 20 nitrogen and oxygen atoms in total. The molecule has 4 saturated heterocycles. The Hall–Kier alpha value is -5.93. The quantitative estimate of drug-likeness (QED) is 0.194. The monoisotopic (exact) mass is 904 g/mol. The fraction of sp³-hybridized carbons (Fsp3) is 0.500. The summed E-state index contributed by atoms with van der Waals surface area (Å²) in [7, 11) is 0. The van der Waals surface area contributed by atoms with E-state index in [-0.39, 0.29) is 28.9 Å². The zero-order chi connectivity index (χ0) is 44.4. The van der Waals surface area contributed by atoms with Gasteiger partial charge in [0.15, 0.2) is 34.0 Å². The Labute approximate surface area is 377 Å². The van der Waals surface area contributed by atoms with Crippen LogP contribution in [0.4, 0.5) is 0 Å². The highest BCUT2D eigenvalue weighted by Crippen LogP contribution is 2.32. The number of alkyl halides is 1. The number of H-pyrrole nitrogens is 2. The molecule has 8 aromatic rings. The fourth-order valence-corrected chi connectivity index (χ4v) is 9.59. The number of halogens is 1. The number of imidazole rings is 2. The Morgan fingerprint density at radius 1 is 0.662 bits per heavy atom. The molecule has 21 heteroatoms. The second-order valence-corrected chi connectivity index (χ2v) is 17.8. The van der Waals surface area contributed by atoms with E-state index in [1.807, 2.05) is 48.8 Å². The molecule has 0 amide bonds. The molecule has 0 aromatic carbocycles. The van der Waals surface area contributed by atoms with Gasteiger partial charge in [-0.3, -0.25) is 14.5 Å². The second kappa shape index (κ2) is 18.9. The smallest absolute Gasteiger partial charge is 0.276 e. The Morgan fingerprint density at radius 2 is 1.20 bits per heavy atom. The van der Waals surface area contributed by atoms with Crippen LogP contribution < -0.4 is 16.4 Å². The number of rotatable bonds is 7. The molecule has 12 heterocycles. The maximum absolute atomic E-state index is 12.8. The Kier molecular flexibility index (Phi) is 12.5. The minimum atomic E-state index is -0.131. The van der Waals surface area contributed by atoms with Crippen LogP contribution in [0.2, 0.25) is 0 Å². The lowest BCUT2D eigenvalue weighted by Gasteiger charge is -2.21. The van der Waals surface area contributed by atoms with Gasteiger partial charge in [-0.25, -0.2) is 38.0 Å². The van der Waals surface area contributed by atoms with Crippen LogP contribution in [0.1, 0.15) is 98.1 Å². The summed E-state index contributed by atoms with van der Waals surface area (Å²) >= 11 is 5.56. The lowest BCUT2D eigenvalue weighted by atomic mass is 9.97. The number of ether oxygens (including phenoxy) is 2. The second-order valence-electron chi connectivity index (χ2n) is 17.5. The number of aromatic nitrogens is 14. The van der Waals surface area contributed by atoms with Gasteiger partial charge in [-0.05, 0) is 68.3 Å². The molecule has 65 heavy (non-hydrogen) atoms. The lowest BCUT2D eigenvalue weighted by Crippen LogP contribution is -2.24. The summed E-state index contributed by atoms with van der Waals surface area (Å²) in [6, 6.07) is 11.6. The van der Waals surface area contributed by atoms with Crippen LogP contribution in [-0.2, 0) is 21.9 Å². The zero-order valence-corrected chi connectivity index (χ0v) is 37.2. The van der Waals surface area contributed by atoms with Crippen LogP contribution in [0.5, 0.6) is 0 Å². The molecule has 0 bridgehead atoms. The average Bonchev–Trinajstić information content (AvgIpc) is 4.20. The molecule has 8 aromatic heterocycles. The van der Waals surface area contributed by atoms with Gasteiger partial charge in [-0.15, -0.1) is 16.7 Å². The number of pyridine rings is 2. The van der Waals surface area contributed by atoms with Crippen molar-refractivity contribution in [2.24, 2.45) is 11.8 Å². The first kappa shape index (κ1) is 43.0. The summed E-state index contributed by atoms with van der Waals surface area (Å²) in [5, 5.41) is 21.6. The third-order valence-electron chi connectivity index (χ3n) is 13.0. The van der Waals surface area contributed by atoms with E-state index in [4.69, 9.17) is 31.3 Å². The highest BCUT2D eigenvalue weighted by Gasteiger charge is 2.34. The highest BCUT2D eigenvalue weighted by atomic mass is 35.5. The molecule has 4 atom stereocenters. The van der Waals surface area contributed by atoms with E-state index < -0.39 is 0 Å². The van der Waals surface area contributed by atoms with Gasteiger partial charge in [0.25, 0.3) is 11.1 Å². The molecule has 4 unspecified atom stereocenters. The Morgan fingerprint density at radius 3 is 1.72 bits per heavy atom. The number of hydrogen-bond donors (Lipinski definition) is 3. The SMILES string of the molecule is CC1CN(Cc2nc3ccccn3n2)CC1c1nn2c(C3CCOCC3)ncc2c(=O)[nH]1.CC1CNCC1c1nn2c(C3CCOCC3)ncc2c(=O)[nH]1.ClCc1nc2ccccn2n1. The summed E-state index contributed by atoms with van der Waals surface area (Å²) in [4.78, 5) is 51.3. The molecule has 0 aliphatic carbocycles. The maximum Gasteiger partial charge on any atom is 0.276 e. The van der Waals surface area contributed by atoms with E-state index >= 15 is 0 Å². The van der Waals surface area contributed by atoms with Crippen molar-refractivity contribution in [3.63, 3.8) is 0 Å². The van der Waals surface area contributed by atoms with Gasteiger partial charge < -0.3 is 24.8 Å². The van der Waals surface area contributed by atoms with E-state index in [0.717, 1.165) is 119 Å². The van der Waals surface area contributed by atoms with Crippen LogP contribution in [0.25, 0.3) is 22.3 Å². The summed E-state index contributed by atoms with van der Waals surface area (Å²) in [6.07, 6.45) is 10.7. The lowest BCUT2D eigenvalue weighted by molar-refractivity contribution is 0.0831. The standard InChI is InChI=1S/C22H26N8O2.C15H21N5O2.C7H6ClN3/c1-14-11-28(13-18-24-19-4-2-3-7-29(19)26-18)12-16(14)20-25-22(31)17-10-23-21(30(17)27-20)15-5-8-32-9-6-15;1-9-6-16-7-11(9)13-18-15(21)12-8-17-14(20(12)19-13)10-2-4-22-5-3-10;8-5-6-9-7-3-1-2-4-11(7)10-6/h2-4,7,10,14-16H,5-6,8-9,11-13H2,1H3,(H,25,27,31);8-11,16H,2-7H2,1H3,(H,18,19,21);1-4H,5H2. The summed E-state index contributed by atoms with van der Waals surface area (Å²) in [6.45, 7) is 11.5. The van der Waals surface area contributed by atoms with E-state index in [1.54, 1.807) is 30.5 Å². The van der Waals surface area contributed by atoms with Gasteiger partial charge in [0, 0.05) is 82.1 Å². The number of aromatic amines is 2. The molecule has 0 spiro atoms. The minimum absolute atomic E-state index is 0.102. The molecule has 0 radical (unpaired) electrons. The summed E-state index contributed by atoms with van der Waals surface area (Å²) < 4.78 is 17.9. The highest BCUT2D eigenvalue weighted by molar-refractivity contribution is 6.16. The fourth-order valence-electron chi connectivity index (χ4n) is 9.48. The molecule has 3 N–H and O–H groups in total. The molecule has 0 saturated carbocycles. The van der Waals surface area contributed by atoms with Crippen LogP contribution in [0, 0.1) is 11.8 Å². The third kappa shape index (κ3) is 9.04. The first-order valence-corrected chi connectivity index (χ1v) is 23.0. The molecule has 4 aliphatic heterocycles. The normalized spacial score (nSPS) is 22.1. The Bertz CT molecular complexity index is 2950. The summed E-state index contributed by atoms with van der Waals surface area (Å²) in [5.41, 5.74) is 2.49. The van der Waals surface area contributed by atoms with Gasteiger partial charge >= 0.3 is 0 Å². The van der Waals surface area contributed by atoms with Crippen molar-refractivity contribution in [2.45, 2.75) is 75.6 Å².